The Balaban J connectivity index is 1.52. The minimum absolute atomic E-state index is 0.133. The van der Waals surface area contributed by atoms with Crippen LogP contribution in [-0.2, 0) is 14.3 Å². The lowest BCUT2D eigenvalue weighted by Crippen LogP contribution is -2.23. The van der Waals surface area contributed by atoms with Crippen molar-refractivity contribution in [3.8, 4) is 5.75 Å². The summed E-state index contributed by atoms with van der Waals surface area (Å²) in [4.78, 5) is 24.2. The number of ether oxygens (including phenoxy) is 2. The third-order valence-corrected chi connectivity index (χ3v) is 4.60. The van der Waals surface area contributed by atoms with Gasteiger partial charge in [0.1, 0.15) is 12.4 Å². The van der Waals surface area contributed by atoms with Crippen LogP contribution in [0.15, 0.2) is 54.1 Å². The van der Waals surface area contributed by atoms with Crippen LogP contribution in [0.2, 0.25) is 0 Å². The largest absolute Gasteiger partial charge is 0.488 e. The predicted octanol–water partition coefficient (Wildman–Crippen LogP) is 4.16. The van der Waals surface area contributed by atoms with Crippen LogP contribution in [0.5, 0.6) is 5.75 Å². The van der Waals surface area contributed by atoms with Gasteiger partial charge in [0.25, 0.3) is 5.91 Å². The summed E-state index contributed by atoms with van der Waals surface area (Å²) in [6.45, 7) is 4.09. The predicted molar refractivity (Wildman–Crippen MR) is 105 cm³/mol. The van der Waals surface area contributed by atoms with Crippen LogP contribution in [0, 0.1) is 0 Å². The number of nitrogens with one attached hydrogen (secondary N) is 1. The van der Waals surface area contributed by atoms with E-state index in [2.05, 4.69) is 19.2 Å². The van der Waals surface area contributed by atoms with Gasteiger partial charge in [-0.1, -0.05) is 44.2 Å². The number of para-hydroxylation sites is 1. The Morgan fingerprint density at radius 2 is 1.89 bits per heavy atom. The number of hydrogen-bond acceptors (Lipinski definition) is 4. The Bertz CT molecular complexity index is 855. The molecule has 0 aliphatic carbocycles. The number of anilines is 1. The Morgan fingerprint density at radius 3 is 2.63 bits per heavy atom. The molecule has 0 aromatic heterocycles. The molecule has 2 aromatic carbocycles. The van der Waals surface area contributed by atoms with Crippen molar-refractivity contribution in [1.82, 2.24) is 0 Å². The number of hydrogen-bond donors (Lipinski definition) is 1. The maximum Gasteiger partial charge on any atom is 0.338 e. The highest BCUT2D eigenvalue weighted by atomic mass is 16.5. The first-order chi connectivity index (χ1) is 13.1. The number of benzene rings is 2. The lowest BCUT2D eigenvalue weighted by atomic mass is 9.99. The first-order valence-electron chi connectivity index (χ1n) is 9.06. The van der Waals surface area contributed by atoms with Crippen molar-refractivity contribution in [2.75, 3.05) is 18.5 Å². The third-order valence-electron chi connectivity index (χ3n) is 4.60. The monoisotopic (exact) mass is 365 g/mol. The fourth-order valence-corrected chi connectivity index (χ4v) is 2.79. The average Bonchev–Trinajstić information content (AvgIpc) is 2.71. The molecule has 27 heavy (non-hydrogen) atoms. The van der Waals surface area contributed by atoms with E-state index in [1.54, 1.807) is 6.08 Å². The number of carbonyl (C=O) groups excluding carboxylic acids is 2. The number of rotatable bonds is 6. The van der Waals surface area contributed by atoms with E-state index >= 15 is 0 Å². The molecule has 5 heteroatoms. The lowest BCUT2D eigenvalue weighted by Gasteiger charge is -2.16. The zero-order chi connectivity index (χ0) is 19.2. The van der Waals surface area contributed by atoms with E-state index in [0.717, 1.165) is 17.7 Å². The molecule has 3 rings (SSSR count). The highest BCUT2D eigenvalue weighted by molar-refractivity contribution is 5.98. The van der Waals surface area contributed by atoms with E-state index in [0.29, 0.717) is 17.2 Å². The Hall–Kier alpha value is -3.08. The van der Waals surface area contributed by atoms with Gasteiger partial charge in [0.05, 0.1) is 5.57 Å². The van der Waals surface area contributed by atoms with Gasteiger partial charge in [-0.25, -0.2) is 4.79 Å². The normalized spacial score (nSPS) is 13.6. The van der Waals surface area contributed by atoms with E-state index in [9.17, 15) is 9.59 Å². The molecule has 1 amide bonds. The molecule has 5 nitrogen and oxygen atoms in total. The summed E-state index contributed by atoms with van der Waals surface area (Å²) >= 11 is 0. The number of fused-ring (bicyclic) bond motifs is 1. The Kier molecular flexibility index (Phi) is 5.91. The fraction of sp³-hybridized carbons (Fsp3) is 0.273. The minimum atomic E-state index is -0.549. The summed E-state index contributed by atoms with van der Waals surface area (Å²) in [5, 5.41) is 2.73. The lowest BCUT2D eigenvalue weighted by molar-refractivity contribution is -0.143. The fourth-order valence-electron chi connectivity index (χ4n) is 2.79. The SMILES string of the molecule is CC[C@H](C)c1ccc(NC(=O)COC(=O)C2=Cc3ccccc3OC2)cc1. The van der Waals surface area contributed by atoms with Crippen molar-refractivity contribution in [2.45, 2.75) is 26.2 Å². The van der Waals surface area contributed by atoms with Crippen molar-refractivity contribution in [2.24, 2.45) is 0 Å². The van der Waals surface area contributed by atoms with Crippen LogP contribution in [0.1, 0.15) is 37.3 Å². The second-order valence-corrected chi connectivity index (χ2v) is 6.55. The third kappa shape index (κ3) is 4.76. The van der Waals surface area contributed by atoms with E-state index in [4.69, 9.17) is 9.47 Å². The van der Waals surface area contributed by atoms with Gasteiger partial charge < -0.3 is 14.8 Å². The van der Waals surface area contributed by atoms with Crippen LogP contribution >= 0.6 is 0 Å². The van der Waals surface area contributed by atoms with Gasteiger partial charge in [0, 0.05) is 11.3 Å². The van der Waals surface area contributed by atoms with Crippen molar-refractivity contribution in [3.63, 3.8) is 0 Å². The van der Waals surface area contributed by atoms with Crippen LogP contribution in [-0.4, -0.2) is 25.1 Å². The summed E-state index contributed by atoms with van der Waals surface area (Å²) < 4.78 is 10.6. The second kappa shape index (κ2) is 8.54. The molecule has 0 saturated carbocycles. The molecule has 140 valence electrons. The summed E-state index contributed by atoms with van der Waals surface area (Å²) in [6.07, 6.45) is 2.79. The summed E-state index contributed by atoms with van der Waals surface area (Å²) in [6, 6.07) is 15.1. The summed E-state index contributed by atoms with van der Waals surface area (Å²) in [5.74, 6) is 0.281. The van der Waals surface area contributed by atoms with Gasteiger partial charge in [0.2, 0.25) is 0 Å². The summed E-state index contributed by atoms with van der Waals surface area (Å²) in [7, 11) is 0. The van der Waals surface area contributed by atoms with Crippen LogP contribution in [0.25, 0.3) is 6.08 Å². The standard InChI is InChI=1S/C22H23NO4/c1-3-15(2)16-8-10-19(11-9-16)23-21(24)14-27-22(25)18-12-17-6-4-5-7-20(17)26-13-18/h4-12,15H,3,13-14H2,1-2H3,(H,23,24)/t15-/m0/s1. The van der Waals surface area contributed by atoms with Gasteiger partial charge in [-0.05, 0) is 42.2 Å². The van der Waals surface area contributed by atoms with Crippen molar-refractivity contribution in [1.29, 1.82) is 0 Å². The highest BCUT2D eigenvalue weighted by Gasteiger charge is 2.19. The zero-order valence-corrected chi connectivity index (χ0v) is 15.5. The van der Waals surface area contributed by atoms with Gasteiger partial charge >= 0.3 is 5.97 Å². The smallest absolute Gasteiger partial charge is 0.338 e. The molecule has 1 N–H and O–H groups in total. The molecule has 1 atom stereocenters. The van der Waals surface area contributed by atoms with Gasteiger partial charge in [0.15, 0.2) is 6.61 Å². The topological polar surface area (TPSA) is 64.6 Å². The molecule has 1 aliphatic rings. The molecule has 0 unspecified atom stereocenters. The van der Waals surface area contributed by atoms with Gasteiger partial charge in [-0.2, -0.15) is 0 Å². The molecular formula is C22H23NO4. The first kappa shape index (κ1) is 18.7. The van der Waals surface area contributed by atoms with E-state index in [1.165, 1.54) is 5.56 Å². The molecular weight excluding hydrogens is 342 g/mol. The van der Waals surface area contributed by atoms with Crippen LogP contribution in [0.3, 0.4) is 0 Å². The minimum Gasteiger partial charge on any atom is -0.488 e. The highest BCUT2D eigenvalue weighted by Crippen LogP contribution is 2.26. The number of carbonyl (C=O) groups is 2. The summed E-state index contributed by atoms with van der Waals surface area (Å²) in [5.41, 5.74) is 3.12. The van der Waals surface area contributed by atoms with E-state index in [-0.39, 0.29) is 19.1 Å². The second-order valence-electron chi connectivity index (χ2n) is 6.55. The zero-order valence-electron chi connectivity index (χ0n) is 15.5. The van der Waals surface area contributed by atoms with Crippen molar-refractivity contribution in [3.05, 3.63) is 65.2 Å². The molecule has 1 aliphatic heterocycles. The first-order valence-corrected chi connectivity index (χ1v) is 9.06. The molecule has 0 radical (unpaired) electrons. The quantitative estimate of drug-likeness (QED) is 0.781. The maximum absolute atomic E-state index is 12.2. The maximum atomic E-state index is 12.2. The molecule has 2 aromatic rings. The van der Waals surface area contributed by atoms with Crippen molar-refractivity contribution >= 4 is 23.6 Å². The van der Waals surface area contributed by atoms with E-state index < -0.39 is 5.97 Å². The van der Waals surface area contributed by atoms with Crippen LogP contribution in [0.4, 0.5) is 5.69 Å². The molecule has 0 bridgehead atoms. The van der Waals surface area contributed by atoms with Crippen LogP contribution < -0.4 is 10.1 Å². The average molecular weight is 365 g/mol. The Labute approximate surface area is 159 Å². The Morgan fingerprint density at radius 1 is 1.15 bits per heavy atom. The number of amides is 1. The number of esters is 1. The molecule has 0 fully saturated rings. The molecule has 0 spiro atoms. The van der Waals surface area contributed by atoms with Gasteiger partial charge in [-0.3, -0.25) is 4.79 Å². The molecule has 1 heterocycles. The van der Waals surface area contributed by atoms with Gasteiger partial charge in [-0.15, -0.1) is 0 Å². The molecule has 0 saturated heterocycles. The van der Waals surface area contributed by atoms with Crippen molar-refractivity contribution < 1.29 is 19.1 Å². The van der Waals surface area contributed by atoms with E-state index in [1.807, 2.05) is 48.5 Å².